The molecule has 1 aliphatic heterocycles. The van der Waals surface area contributed by atoms with Gasteiger partial charge in [-0.25, -0.2) is 0 Å². The molecule has 3 heteroatoms. The lowest BCUT2D eigenvalue weighted by Gasteiger charge is -2.36. The van der Waals surface area contributed by atoms with Crippen molar-refractivity contribution in [2.75, 3.05) is 18.5 Å². The van der Waals surface area contributed by atoms with Gasteiger partial charge >= 0.3 is 0 Å². The molecule has 0 saturated carbocycles. The monoisotopic (exact) mass is 256 g/mol. The summed E-state index contributed by atoms with van der Waals surface area (Å²) in [6.07, 6.45) is 0.974. The van der Waals surface area contributed by atoms with Crippen molar-refractivity contribution in [2.24, 2.45) is 0 Å². The zero-order chi connectivity index (χ0) is 9.86. The van der Waals surface area contributed by atoms with E-state index in [-0.39, 0.29) is 0 Å². The molecule has 0 spiro atoms. The average Bonchev–Trinajstić information content (AvgIpc) is 2.31. The fraction of sp³-hybridized carbons (Fsp3) is 0.455. The Labute approximate surface area is 92.3 Å². The van der Waals surface area contributed by atoms with Gasteiger partial charge in [-0.1, -0.05) is 46.3 Å². The Morgan fingerprint density at radius 1 is 1.14 bits per heavy atom. The predicted octanol–water partition coefficient (Wildman–Crippen LogP) is 2.67. The molecule has 1 aliphatic rings. The first-order chi connectivity index (χ1) is 6.87. The lowest BCUT2D eigenvalue weighted by molar-refractivity contribution is -0.260. The summed E-state index contributed by atoms with van der Waals surface area (Å²) < 4.78 is 11.5. The number of rotatable bonds is 2. The van der Waals surface area contributed by atoms with Gasteiger partial charge in [-0.3, -0.25) is 0 Å². The van der Waals surface area contributed by atoms with E-state index in [4.69, 9.17) is 9.47 Å². The van der Waals surface area contributed by atoms with Crippen molar-refractivity contribution in [2.45, 2.75) is 12.2 Å². The topological polar surface area (TPSA) is 18.5 Å². The van der Waals surface area contributed by atoms with Crippen LogP contribution in [-0.4, -0.2) is 18.5 Å². The van der Waals surface area contributed by atoms with E-state index in [1.807, 2.05) is 30.3 Å². The molecule has 1 aromatic rings. The first-order valence-electron chi connectivity index (χ1n) is 4.77. The maximum absolute atomic E-state index is 5.73. The van der Waals surface area contributed by atoms with E-state index in [0.717, 1.165) is 25.2 Å². The highest BCUT2D eigenvalue weighted by molar-refractivity contribution is 9.09. The number of alkyl halides is 1. The average molecular weight is 257 g/mol. The van der Waals surface area contributed by atoms with Crippen molar-refractivity contribution in [1.82, 2.24) is 0 Å². The second-order valence-corrected chi connectivity index (χ2v) is 3.86. The van der Waals surface area contributed by atoms with Crippen molar-refractivity contribution in [3.8, 4) is 0 Å². The van der Waals surface area contributed by atoms with E-state index in [9.17, 15) is 0 Å². The first kappa shape index (κ1) is 10.1. The third-order valence-electron chi connectivity index (χ3n) is 2.35. The minimum Gasteiger partial charge on any atom is -0.345 e. The molecule has 76 valence electrons. The number of hydrogen-bond acceptors (Lipinski definition) is 2. The zero-order valence-electron chi connectivity index (χ0n) is 7.91. The van der Waals surface area contributed by atoms with Gasteiger partial charge in [0.2, 0.25) is 5.79 Å². The van der Waals surface area contributed by atoms with Gasteiger partial charge in [0.25, 0.3) is 0 Å². The Morgan fingerprint density at radius 3 is 2.36 bits per heavy atom. The Morgan fingerprint density at radius 2 is 1.79 bits per heavy atom. The minimum atomic E-state index is -0.570. The highest BCUT2D eigenvalue weighted by Gasteiger charge is 2.35. The van der Waals surface area contributed by atoms with Gasteiger partial charge in [0, 0.05) is 5.56 Å². The molecule has 0 radical (unpaired) electrons. The summed E-state index contributed by atoms with van der Waals surface area (Å²) in [6.45, 7) is 1.53. The lowest BCUT2D eigenvalue weighted by Crippen LogP contribution is -2.39. The number of benzene rings is 1. The quantitative estimate of drug-likeness (QED) is 0.758. The van der Waals surface area contributed by atoms with Crippen LogP contribution in [0, 0.1) is 0 Å². The Balaban J connectivity index is 2.27. The molecule has 1 heterocycles. The van der Waals surface area contributed by atoms with E-state index in [2.05, 4.69) is 15.9 Å². The van der Waals surface area contributed by atoms with Crippen LogP contribution < -0.4 is 0 Å². The second kappa shape index (κ2) is 4.43. The SMILES string of the molecule is BrCC1(c2ccccc2)OCCCO1. The zero-order valence-corrected chi connectivity index (χ0v) is 9.50. The van der Waals surface area contributed by atoms with Crippen molar-refractivity contribution in [3.63, 3.8) is 0 Å². The Hall–Kier alpha value is -0.380. The predicted molar refractivity (Wildman–Crippen MR) is 58.4 cm³/mol. The largest absolute Gasteiger partial charge is 0.345 e. The maximum Gasteiger partial charge on any atom is 0.204 e. The normalized spacial score (nSPS) is 20.6. The molecule has 0 unspecified atom stereocenters. The summed E-state index contributed by atoms with van der Waals surface area (Å²) in [5, 5.41) is 0.671. The highest BCUT2D eigenvalue weighted by Crippen LogP contribution is 2.32. The van der Waals surface area contributed by atoms with Crippen LogP contribution >= 0.6 is 15.9 Å². The van der Waals surface area contributed by atoms with E-state index in [1.54, 1.807) is 0 Å². The van der Waals surface area contributed by atoms with Crippen LogP contribution in [0.4, 0.5) is 0 Å². The van der Waals surface area contributed by atoms with E-state index >= 15 is 0 Å². The van der Waals surface area contributed by atoms with Gasteiger partial charge < -0.3 is 9.47 Å². The third-order valence-corrected chi connectivity index (χ3v) is 3.09. The van der Waals surface area contributed by atoms with Crippen LogP contribution in [0.1, 0.15) is 12.0 Å². The second-order valence-electron chi connectivity index (χ2n) is 3.30. The standard InChI is InChI=1S/C11H13BrO2/c12-9-11(13-7-4-8-14-11)10-5-2-1-3-6-10/h1-3,5-6H,4,7-9H2. The number of halogens is 1. The van der Waals surface area contributed by atoms with E-state index in [0.29, 0.717) is 5.33 Å². The molecule has 1 saturated heterocycles. The number of hydrogen-bond donors (Lipinski definition) is 0. The summed E-state index contributed by atoms with van der Waals surface area (Å²) in [5.41, 5.74) is 1.08. The van der Waals surface area contributed by atoms with Crippen LogP contribution in [0.2, 0.25) is 0 Å². The van der Waals surface area contributed by atoms with Gasteiger partial charge in [0.15, 0.2) is 0 Å². The fourth-order valence-corrected chi connectivity index (χ4v) is 2.24. The molecule has 0 amide bonds. The van der Waals surface area contributed by atoms with Crippen molar-refractivity contribution < 1.29 is 9.47 Å². The van der Waals surface area contributed by atoms with Crippen LogP contribution in [0.15, 0.2) is 30.3 Å². The van der Waals surface area contributed by atoms with Gasteiger partial charge in [0.1, 0.15) is 0 Å². The van der Waals surface area contributed by atoms with Gasteiger partial charge in [-0.05, 0) is 6.42 Å². The van der Waals surface area contributed by atoms with Crippen molar-refractivity contribution in [1.29, 1.82) is 0 Å². The van der Waals surface area contributed by atoms with Crippen LogP contribution in [0.5, 0.6) is 0 Å². The van der Waals surface area contributed by atoms with Crippen molar-refractivity contribution >= 4 is 15.9 Å². The molecule has 2 rings (SSSR count). The summed E-state index contributed by atoms with van der Waals surface area (Å²) in [5.74, 6) is -0.570. The molecular weight excluding hydrogens is 244 g/mol. The summed E-state index contributed by atoms with van der Waals surface area (Å²) in [4.78, 5) is 0. The molecule has 0 N–H and O–H groups in total. The first-order valence-corrected chi connectivity index (χ1v) is 5.89. The van der Waals surface area contributed by atoms with Crippen LogP contribution in [-0.2, 0) is 15.3 Å². The van der Waals surface area contributed by atoms with Gasteiger partial charge in [-0.15, -0.1) is 0 Å². The molecule has 1 aromatic carbocycles. The van der Waals surface area contributed by atoms with Gasteiger partial charge in [0.05, 0.1) is 18.5 Å². The van der Waals surface area contributed by atoms with Crippen LogP contribution in [0.3, 0.4) is 0 Å². The lowest BCUT2D eigenvalue weighted by atomic mass is 10.1. The molecule has 1 fully saturated rings. The highest BCUT2D eigenvalue weighted by atomic mass is 79.9. The minimum absolute atomic E-state index is 0.570. The molecule has 0 aromatic heterocycles. The molecule has 0 bridgehead atoms. The third kappa shape index (κ3) is 1.85. The molecular formula is C11H13BrO2. The maximum atomic E-state index is 5.73. The Kier molecular flexibility index (Phi) is 3.21. The number of ether oxygens (including phenoxy) is 2. The van der Waals surface area contributed by atoms with E-state index < -0.39 is 5.79 Å². The summed E-state index contributed by atoms with van der Waals surface area (Å²) in [7, 11) is 0. The van der Waals surface area contributed by atoms with Crippen LogP contribution in [0.25, 0.3) is 0 Å². The fourth-order valence-electron chi connectivity index (χ4n) is 1.59. The smallest absolute Gasteiger partial charge is 0.204 e. The summed E-state index contributed by atoms with van der Waals surface area (Å²) >= 11 is 3.45. The summed E-state index contributed by atoms with van der Waals surface area (Å²) in [6, 6.07) is 10.1. The van der Waals surface area contributed by atoms with Crippen molar-refractivity contribution in [3.05, 3.63) is 35.9 Å². The molecule has 14 heavy (non-hydrogen) atoms. The molecule has 0 aliphatic carbocycles. The molecule has 0 atom stereocenters. The van der Waals surface area contributed by atoms with Gasteiger partial charge in [-0.2, -0.15) is 0 Å². The molecule has 2 nitrogen and oxygen atoms in total. The Bertz CT molecular complexity index is 281. The van der Waals surface area contributed by atoms with E-state index in [1.165, 1.54) is 0 Å².